The van der Waals surface area contributed by atoms with Gasteiger partial charge in [-0.25, -0.2) is 0 Å². The summed E-state index contributed by atoms with van der Waals surface area (Å²) in [6.07, 6.45) is 5.00. The summed E-state index contributed by atoms with van der Waals surface area (Å²) >= 11 is 0. The maximum Gasteiger partial charge on any atom is 0.0674 e. The van der Waals surface area contributed by atoms with Gasteiger partial charge in [0, 0.05) is 18.4 Å². The average Bonchev–Trinajstić information content (AvgIpc) is 2.54. The zero-order chi connectivity index (χ0) is 14.7. The molecule has 0 bridgehead atoms. The van der Waals surface area contributed by atoms with E-state index in [1.807, 2.05) is 19.2 Å². The summed E-state index contributed by atoms with van der Waals surface area (Å²) in [7, 11) is 0. The lowest BCUT2D eigenvalue weighted by Gasteiger charge is -2.39. The minimum atomic E-state index is -0.322. The van der Waals surface area contributed by atoms with Gasteiger partial charge < -0.3 is 10.4 Å². The van der Waals surface area contributed by atoms with Crippen molar-refractivity contribution in [1.29, 1.82) is 0 Å². The molecule has 0 fully saturated rings. The molecule has 2 aromatic rings. The Kier molecular flexibility index (Phi) is 4.04. The number of fused-ring (bicyclic) bond motifs is 1. The Morgan fingerprint density at radius 1 is 1.24 bits per heavy atom. The van der Waals surface area contributed by atoms with Crippen LogP contribution in [0.3, 0.4) is 0 Å². The number of benzene rings is 1. The number of nitrogens with one attached hydrogen (secondary N) is 1. The Morgan fingerprint density at radius 3 is 2.90 bits per heavy atom. The second-order valence-electron chi connectivity index (χ2n) is 5.85. The van der Waals surface area contributed by atoms with E-state index in [2.05, 4.69) is 40.6 Å². The van der Waals surface area contributed by atoms with E-state index in [4.69, 9.17) is 0 Å². The van der Waals surface area contributed by atoms with Crippen LogP contribution in [0.25, 0.3) is 0 Å². The van der Waals surface area contributed by atoms with E-state index in [1.165, 1.54) is 16.7 Å². The van der Waals surface area contributed by atoms with Gasteiger partial charge in [0.25, 0.3) is 0 Å². The summed E-state index contributed by atoms with van der Waals surface area (Å²) < 4.78 is 0. The predicted molar refractivity (Wildman–Crippen MR) is 84.0 cm³/mol. The number of rotatable bonds is 4. The molecule has 1 unspecified atom stereocenters. The summed E-state index contributed by atoms with van der Waals surface area (Å²) in [5, 5.41) is 13.7. The maximum absolute atomic E-state index is 10.1. The zero-order valence-corrected chi connectivity index (χ0v) is 12.5. The molecule has 0 spiro atoms. The Labute approximate surface area is 126 Å². The second-order valence-corrected chi connectivity index (χ2v) is 5.85. The number of pyridine rings is 1. The fourth-order valence-electron chi connectivity index (χ4n) is 3.29. The molecule has 1 aliphatic rings. The third-order valence-corrected chi connectivity index (χ3v) is 4.59. The molecular weight excluding hydrogens is 260 g/mol. The van der Waals surface area contributed by atoms with E-state index in [0.29, 0.717) is 0 Å². The molecule has 3 rings (SSSR count). The van der Waals surface area contributed by atoms with Crippen molar-refractivity contribution in [3.8, 4) is 0 Å². The van der Waals surface area contributed by atoms with E-state index in [1.54, 1.807) is 0 Å². The van der Waals surface area contributed by atoms with Crippen molar-refractivity contribution in [2.24, 2.45) is 0 Å². The van der Waals surface area contributed by atoms with E-state index in [9.17, 15) is 5.11 Å². The second kappa shape index (κ2) is 5.96. The largest absolute Gasteiger partial charge is 0.394 e. The van der Waals surface area contributed by atoms with E-state index < -0.39 is 0 Å². The number of aliphatic hydroxyl groups is 1. The third kappa shape index (κ3) is 2.71. The first-order valence-corrected chi connectivity index (χ1v) is 7.60. The first-order chi connectivity index (χ1) is 10.2. The lowest BCUT2D eigenvalue weighted by atomic mass is 9.77. The SMILES string of the molecule is Cc1ncccc1CNC1(CO)CCCc2ccccc21. The highest BCUT2D eigenvalue weighted by Crippen LogP contribution is 2.35. The number of aryl methyl sites for hydroxylation is 2. The summed E-state index contributed by atoms with van der Waals surface area (Å²) in [6.45, 7) is 2.88. The Balaban J connectivity index is 1.87. The van der Waals surface area contributed by atoms with Crippen LogP contribution in [0.4, 0.5) is 0 Å². The molecule has 2 N–H and O–H groups in total. The lowest BCUT2D eigenvalue weighted by molar-refractivity contribution is 0.140. The van der Waals surface area contributed by atoms with Gasteiger partial charge in [-0.05, 0) is 48.9 Å². The average molecular weight is 282 g/mol. The zero-order valence-electron chi connectivity index (χ0n) is 12.5. The van der Waals surface area contributed by atoms with Gasteiger partial charge >= 0.3 is 0 Å². The summed E-state index contributed by atoms with van der Waals surface area (Å²) in [6, 6.07) is 12.5. The number of aliphatic hydroxyl groups excluding tert-OH is 1. The van der Waals surface area contributed by atoms with Crippen molar-refractivity contribution in [3.05, 3.63) is 65.0 Å². The fraction of sp³-hybridized carbons (Fsp3) is 0.389. The number of hydrogen-bond donors (Lipinski definition) is 2. The van der Waals surface area contributed by atoms with Gasteiger partial charge in [0.05, 0.1) is 12.1 Å². The summed E-state index contributed by atoms with van der Waals surface area (Å²) in [5.41, 5.74) is 4.51. The van der Waals surface area contributed by atoms with E-state index >= 15 is 0 Å². The summed E-state index contributed by atoms with van der Waals surface area (Å²) in [4.78, 5) is 4.33. The maximum atomic E-state index is 10.1. The van der Waals surface area contributed by atoms with Crippen molar-refractivity contribution in [2.75, 3.05) is 6.61 Å². The third-order valence-electron chi connectivity index (χ3n) is 4.59. The van der Waals surface area contributed by atoms with Crippen LogP contribution < -0.4 is 5.32 Å². The van der Waals surface area contributed by atoms with E-state index in [-0.39, 0.29) is 12.1 Å². The van der Waals surface area contributed by atoms with Crippen LogP contribution in [0.15, 0.2) is 42.6 Å². The van der Waals surface area contributed by atoms with Crippen molar-refractivity contribution in [1.82, 2.24) is 10.3 Å². The van der Waals surface area contributed by atoms with E-state index in [0.717, 1.165) is 31.5 Å². The van der Waals surface area contributed by atoms with Gasteiger partial charge in [0.15, 0.2) is 0 Å². The molecule has 1 atom stereocenters. The number of nitrogens with zero attached hydrogens (tertiary/aromatic N) is 1. The molecule has 21 heavy (non-hydrogen) atoms. The van der Waals surface area contributed by atoms with Crippen molar-refractivity contribution >= 4 is 0 Å². The molecule has 1 aromatic carbocycles. The van der Waals surface area contributed by atoms with Gasteiger partial charge in [-0.2, -0.15) is 0 Å². The summed E-state index contributed by atoms with van der Waals surface area (Å²) in [5.74, 6) is 0. The molecule has 3 nitrogen and oxygen atoms in total. The molecule has 1 heterocycles. The van der Waals surface area contributed by atoms with Crippen LogP contribution in [-0.4, -0.2) is 16.7 Å². The fourth-order valence-corrected chi connectivity index (χ4v) is 3.29. The molecule has 3 heteroatoms. The van der Waals surface area contributed by atoms with Crippen molar-refractivity contribution in [3.63, 3.8) is 0 Å². The van der Waals surface area contributed by atoms with Gasteiger partial charge in [0.2, 0.25) is 0 Å². The van der Waals surface area contributed by atoms with Crippen molar-refractivity contribution in [2.45, 2.75) is 38.3 Å². The van der Waals surface area contributed by atoms with Crippen LogP contribution in [0.2, 0.25) is 0 Å². The van der Waals surface area contributed by atoms with Gasteiger partial charge in [-0.1, -0.05) is 30.3 Å². The number of aromatic nitrogens is 1. The topological polar surface area (TPSA) is 45.2 Å². The molecular formula is C18H22N2O. The normalized spacial score (nSPS) is 21.0. The molecule has 1 aromatic heterocycles. The number of hydrogen-bond acceptors (Lipinski definition) is 3. The van der Waals surface area contributed by atoms with Gasteiger partial charge in [-0.15, -0.1) is 0 Å². The highest BCUT2D eigenvalue weighted by Gasteiger charge is 2.35. The quantitative estimate of drug-likeness (QED) is 0.906. The monoisotopic (exact) mass is 282 g/mol. The van der Waals surface area contributed by atoms with Crippen LogP contribution in [0.5, 0.6) is 0 Å². The van der Waals surface area contributed by atoms with Crippen LogP contribution >= 0.6 is 0 Å². The van der Waals surface area contributed by atoms with Crippen LogP contribution in [-0.2, 0) is 18.5 Å². The highest BCUT2D eigenvalue weighted by molar-refractivity contribution is 5.36. The molecule has 1 aliphatic carbocycles. The lowest BCUT2D eigenvalue weighted by Crippen LogP contribution is -2.47. The van der Waals surface area contributed by atoms with Gasteiger partial charge in [0.1, 0.15) is 0 Å². The van der Waals surface area contributed by atoms with Crippen LogP contribution in [0, 0.1) is 6.92 Å². The van der Waals surface area contributed by atoms with Crippen LogP contribution in [0.1, 0.15) is 35.2 Å². The first kappa shape index (κ1) is 14.2. The van der Waals surface area contributed by atoms with Gasteiger partial charge in [-0.3, -0.25) is 4.98 Å². The standard InChI is InChI=1S/C18H22N2O/c1-14-16(8-5-11-19-14)12-20-18(13-21)10-4-7-15-6-2-3-9-17(15)18/h2-3,5-6,8-9,11,20-21H,4,7,10,12-13H2,1H3. The molecule has 0 aliphatic heterocycles. The Hall–Kier alpha value is -1.71. The predicted octanol–water partition coefficient (Wildman–Crippen LogP) is 2.70. The first-order valence-electron chi connectivity index (χ1n) is 7.60. The molecule has 0 radical (unpaired) electrons. The minimum absolute atomic E-state index is 0.128. The molecule has 110 valence electrons. The highest BCUT2D eigenvalue weighted by atomic mass is 16.3. The molecule has 0 saturated carbocycles. The Morgan fingerprint density at radius 2 is 2.10 bits per heavy atom. The minimum Gasteiger partial charge on any atom is -0.394 e. The van der Waals surface area contributed by atoms with Crippen molar-refractivity contribution < 1.29 is 5.11 Å². The molecule has 0 amide bonds. The molecule has 0 saturated heterocycles. The smallest absolute Gasteiger partial charge is 0.0674 e. The Bertz CT molecular complexity index is 626.